The monoisotopic (exact) mass is 200 g/mol. The third-order valence-corrected chi connectivity index (χ3v) is 3.18. The molecular weight excluding hydrogens is 184 g/mol. The predicted octanol–water partition coefficient (Wildman–Crippen LogP) is 2.47. The zero-order valence-corrected chi connectivity index (χ0v) is 8.87. The molecule has 2 heteroatoms. The van der Waals surface area contributed by atoms with E-state index < -0.39 is 0 Å². The average molecular weight is 200 g/mol. The molecule has 78 valence electrons. The lowest BCUT2D eigenvalue weighted by Crippen LogP contribution is -2.38. The van der Waals surface area contributed by atoms with E-state index in [1.807, 2.05) is 18.2 Å². The Morgan fingerprint density at radius 1 is 1.27 bits per heavy atom. The first kappa shape index (κ1) is 10.2. The van der Waals surface area contributed by atoms with Crippen LogP contribution in [0.5, 0.6) is 0 Å². The minimum Gasteiger partial charge on any atom is -0.311 e. The first-order valence-electron chi connectivity index (χ1n) is 5.51. The normalized spacial score (nSPS) is 17.8. The number of nitriles is 1. The summed E-state index contributed by atoms with van der Waals surface area (Å²) >= 11 is 0. The van der Waals surface area contributed by atoms with Crippen molar-refractivity contribution in [3.8, 4) is 6.07 Å². The van der Waals surface area contributed by atoms with Crippen LogP contribution < -0.4 is 5.32 Å². The lowest BCUT2D eigenvalue weighted by Gasteiger charge is -2.35. The fourth-order valence-corrected chi connectivity index (χ4v) is 1.97. The molecule has 0 unspecified atom stereocenters. The summed E-state index contributed by atoms with van der Waals surface area (Å²) < 4.78 is 0. The molecule has 0 spiro atoms. The largest absolute Gasteiger partial charge is 0.311 e. The van der Waals surface area contributed by atoms with Gasteiger partial charge in [0, 0.05) is 13.1 Å². The van der Waals surface area contributed by atoms with Crippen LogP contribution in [0.1, 0.15) is 24.8 Å². The maximum Gasteiger partial charge on any atom is 0.0703 e. The summed E-state index contributed by atoms with van der Waals surface area (Å²) in [5.41, 5.74) is 1.22. The van der Waals surface area contributed by atoms with Crippen molar-refractivity contribution in [3.05, 3.63) is 35.9 Å². The van der Waals surface area contributed by atoms with Gasteiger partial charge in [-0.3, -0.25) is 0 Å². The van der Waals surface area contributed by atoms with Gasteiger partial charge in [0.2, 0.25) is 0 Å². The zero-order valence-electron chi connectivity index (χ0n) is 8.87. The Kier molecular flexibility index (Phi) is 3.03. The molecule has 1 aromatic rings. The summed E-state index contributed by atoms with van der Waals surface area (Å²) in [5, 5.41) is 12.4. The van der Waals surface area contributed by atoms with Gasteiger partial charge in [0.1, 0.15) is 0 Å². The van der Waals surface area contributed by atoms with Crippen LogP contribution in [0.4, 0.5) is 0 Å². The number of benzene rings is 1. The van der Waals surface area contributed by atoms with Crippen molar-refractivity contribution in [2.75, 3.05) is 6.54 Å². The molecule has 15 heavy (non-hydrogen) atoms. The highest BCUT2D eigenvalue weighted by Crippen LogP contribution is 2.39. The highest BCUT2D eigenvalue weighted by atomic mass is 14.9. The number of rotatable bonds is 4. The van der Waals surface area contributed by atoms with Crippen molar-refractivity contribution in [1.29, 1.82) is 5.26 Å². The summed E-state index contributed by atoms with van der Waals surface area (Å²) in [7, 11) is 0. The second-order valence-corrected chi connectivity index (χ2v) is 4.33. The molecule has 0 aliphatic heterocycles. The summed E-state index contributed by atoms with van der Waals surface area (Å²) in [6.07, 6.45) is 3.33. The lowest BCUT2D eigenvalue weighted by molar-refractivity contribution is 0.206. The van der Waals surface area contributed by atoms with Crippen molar-refractivity contribution < 1.29 is 0 Å². The summed E-state index contributed by atoms with van der Waals surface area (Å²) in [4.78, 5) is 0. The molecule has 0 heterocycles. The van der Waals surface area contributed by atoms with Gasteiger partial charge in [0.25, 0.3) is 0 Å². The van der Waals surface area contributed by atoms with E-state index in [1.54, 1.807) is 0 Å². The topological polar surface area (TPSA) is 35.8 Å². The molecule has 1 N–H and O–H groups in total. The molecule has 0 saturated heterocycles. The van der Waals surface area contributed by atoms with Crippen molar-refractivity contribution >= 4 is 0 Å². The van der Waals surface area contributed by atoms with Gasteiger partial charge >= 0.3 is 0 Å². The van der Waals surface area contributed by atoms with Crippen LogP contribution in [0.3, 0.4) is 0 Å². The molecule has 2 rings (SSSR count). The Hall–Kier alpha value is -1.33. The van der Waals surface area contributed by atoms with E-state index in [0.29, 0.717) is 0 Å². The van der Waals surface area contributed by atoms with E-state index >= 15 is 0 Å². The molecule has 1 fully saturated rings. The third-order valence-electron chi connectivity index (χ3n) is 3.18. The van der Waals surface area contributed by atoms with E-state index in [1.165, 1.54) is 12.0 Å². The van der Waals surface area contributed by atoms with Crippen LogP contribution in [-0.2, 0) is 6.54 Å². The number of hydrogen-bond donors (Lipinski definition) is 1. The minimum atomic E-state index is -0.0607. The summed E-state index contributed by atoms with van der Waals surface area (Å²) in [6.45, 7) is 1.70. The SMILES string of the molecule is N#CC1(CNCc2ccccc2)CCC1. The van der Waals surface area contributed by atoms with E-state index in [0.717, 1.165) is 25.9 Å². The van der Waals surface area contributed by atoms with Crippen LogP contribution >= 0.6 is 0 Å². The fraction of sp³-hybridized carbons (Fsp3) is 0.462. The Morgan fingerprint density at radius 3 is 2.53 bits per heavy atom. The third kappa shape index (κ3) is 2.37. The second-order valence-electron chi connectivity index (χ2n) is 4.33. The second kappa shape index (κ2) is 4.46. The molecular formula is C13H16N2. The molecule has 0 bridgehead atoms. The Morgan fingerprint density at radius 2 is 2.00 bits per heavy atom. The molecule has 1 aliphatic carbocycles. The highest BCUT2D eigenvalue weighted by Gasteiger charge is 2.36. The highest BCUT2D eigenvalue weighted by molar-refractivity contribution is 5.14. The smallest absolute Gasteiger partial charge is 0.0703 e. The standard InChI is InChI=1S/C13H16N2/c14-10-13(7-4-8-13)11-15-9-12-5-2-1-3-6-12/h1-3,5-6,15H,4,7-9,11H2. The van der Waals surface area contributed by atoms with Gasteiger partial charge in [-0.1, -0.05) is 36.8 Å². The quantitative estimate of drug-likeness (QED) is 0.810. The Labute approximate surface area is 90.9 Å². The summed E-state index contributed by atoms with van der Waals surface area (Å²) in [5.74, 6) is 0. The van der Waals surface area contributed by atoms with Gasteiger partial charge in [0.05, 0.1) is 11.5 Å². The average Bonchev–Trinajstić information content (AvgIpc) is 2.24. The molecule has 1 aromatic carbocycles. The Balaban J connectivity index is 1.78. The van der Waals surface area contributed by atoms with Gasteiger partial charge in [-0.15, -0.1) is 0 Å². The molecule has 1 aliphatic rings. The maximum absolute atomic E-state index is 9.04. The first-order valence-corrected chi connectivity index (χ1v) is 5.51. The van der Waals surface area contributed by atoms with Crippen molar-refractivity contribution in [3.63, 3.8) is 0 Å². The van der Waals surface area contributed by atoms with Gasteiger partial charge < -0.3 is 5.32 Å². The van der Waals surface area contributed by atoms with Crippen LogP contribution in [0.15, 0.2) is 30.3 Å². The van der Waals surface area contributed by atoms with Crippen LogP contribution in [0, 0.1) is 16.7 Å². The first-order chi connectivity index (χ1) is 7.35. The van der Waals surface area contributed by atoms with Crippen molar-refractivity contribution in [1.82, 2.24) is 5.32 Å². The minimum absolute atomic E-state index is 0.0607. The Bertz CT molecular complexity index is 347. The van der Waals surface area contributed by atoms with Gasteiger partial charge in [-0.25, -0.2) is 0 Å². The van der Waals surface area contributed by atoms with Crippen molar-refractivity contribution in [2.45, 2.75) is 25.8 Å². The van der Waals surface area contributed by atoms with E-state index in [9.17, 15) is 0 Å². The number of hydrogen-bond acceptors (Lipinski definition) is 2. The van der Waals surface area contributed by atoms with Crippen LogP contribution in [0.25, 0.3) is 0 Å². The van der Waals surface area contributed by atoms with E-state index in [-0.39, 0.29) is 5.41 Å². The van der Waals surface area contributed by atoms with Gasteiger partial charge in [-0.05, 0) is 18.4 Å². The zero-order chi connectivity index (χ0) is 10.6. The molecule has 0 aromatic heterocycles. The molecule has 0 atom stereocenters. The molecule has 0 amide bonds. The lowest BCUT2D eigenvalue weighted by atomic mass is 9.70. The molecule has 2 nitrogen and oxygen atoms in total. The van der Waals surface area contributed by atoms with E-state index in [4.69, 9.17) is 5.26 Å². The van der Waals surface area contributed by atoms with Crippen molar-refractivity contribution in [2.24, 2.45) is 5.41 Å². The molecule has 1 saturated carbocycles. The van der Waals surface area contributed by atoms with E-state index in [2.05, 4.69) is 23.5 Å². The predicted molar refractivity (Wildman–Crippen MR) is 60.0 cm³/mol. The number of nitrogens with one attached hydrogen (secondary N) is 1. The number of nitrogens with zero attached hydrogens (tertiary/aromatic N) is 1. The van der Waals surface area contributed by atoms with Gasteiger partial charge in [-0.2, -0.15) is 5.26 Å². The van der Waals surface area contributed by atoms with Crippen LogP contribution in [-0.4, -0.2) is 6.54 Å². The van der Waals surface area contributed by atoms with Crippen LogP contribution in [0.2, 0.25) is 0 Å². The summed E-state index contributed by atoms with van der Waals surface area (Å²) in [6, 6.07) is 12.8. The van der Waals surface area contributed by atoms with Gasteiger partial charge in [0.15, 0.2) is 0 Å². The fourth-order valence-electron chi connectivity index (χ4n) is 1.97. The molecule has 0 radical (unpaired) electrons. The maximum atomic E-state index is 9.04.